The Hall–Kier alpha value is -1.06. The van der Waals surface area contributed by atoms with Gasteiger partial charge in [-0.05, 0) is 61.8 Å². The molecular formula is C17H26NO2+. The summed E-state index contributed by atoms with van der Waals surface area (Å²) in [7, 11) is 0. The van der Waals surface area contributed by atoms with Crippen LogP contribution in [-0.2, 0) is 12.8 Å². The SMILES string of the molecule is O[C@H](COc1ccc2c(c1)CCC2)C[NH+]1CCCCC1. The summed E-state index contributed by atoms with van der Waals surface area (Å²) in [4.78, 5) is 1.53. The topological polar surface area (TPSA) is 33.9 Å². The van der Waals surface area contributed by atoms with Gasteiger partial charge in [0.2, 0.25) is 0 Å². The van der Waals surface area contributed by atoms with Gasteiger partial charge in [-0.3, -0.25) is 0 Å². The van der Waals surface area contributed by atoms with E-state index >= 15 is 0 Å². The highest BCUT2D eigenvalue weighted by atomic mass is 16.5. The van der Waals surface area contributed by atoms with E-state index in [-0.39, 0.29) is 6.10 Å². The Morgan fingerprint density at radius 3 is 2.70 bits per heavy atom. The zero-order valence-electron chi connectivity index (χ0n) is 12.2. The maximum absolute atomic E-state index is 10.1. The van der Waals surface area contributed by atoms with Gasteiger partial charge in [-0.25, -0.2) is 0 Å². The molecule has 1 aliphatic heterocycles. The van der Waals surface area contributed by atoms with Crippen molar-refractivity contribution in [3.63, 3.8) is 0 Å². The number of ether oxygens (including phenoxy) is 1. The molecule has 110 valence electrons. The highest BCUT2D eigenvalue weighted by Crippen LogP contribution is 2.25. The first-order chi connectivity index (χ1) is 9.81. The molecule has 1 aromatic rings. The molecule has 1 atom stereocenters. The fraction of sp³-hybridized carbons (Fsp3) is 0.647. The fourth-order valence-electron chi connectivity index (χ4n) is 3.48. The lowest BCUT2D eigenvalue weighted by atomic mass is 10.1. The molecule has 0 bridgehead atoms. The molecule has 1 saturated heterocycles. The first-order valence-electron chi connectivity index (χ1n) is 8.07. The molecule has 2 N–H and O–H groups in total. The number of quaternary nitrogens is 1. The number of aliphatic hydroxyl groups excluding tert-OH is 1. The van der Waals surface area contributed by atoms with Crippen LogP contribution in [0.5, 0.6) is 5.75 Å². The van der Waals surface area contributed by atoms with Gasteiger partial charge in [0, 0.05) is 0 Å². The summed E-state index contributed by atoms with van der Waals surface area (Å²) in [6.45, 7) is 3.65. The van der Waals surface area contributed by atoms with Gasteiger partial charge in [0.1, 0.15) is 25.0 Å². The predicted octanol–water partition coefficient (Wildman–Crippen LogP) is 0.984. The smallest absolute Gasteiger partial charge is 0.137 e. The molecule has 3 rings (SSSR count). The number of fused-ring (bicyclic) bond motifs is 1. The molecule has 3 heteroatoms. The molecule has 3 nitrogen and oxygen atoms in total. The van der Waals surface area contributed by atoms with Crippen LogP contribution >= 0.6 is 0 Å². The zero-order chi connectivity index (χ0) is 13.8. The van der Waals surface area contributed by atoms with Crippen LogP contribution in [0, 0.1) is 0 Å². The maximum atomic E-state index is 10.1. The van der Waals surface area contributed by atoms with Crippen LogP contribution < -0.4 is 9.64 Å². The number of aliphatic hydroxyl groups is 1. The van der Waals surface area contributed by atoms with Crippen molar-refractivity contribution in [2.45, 2.75) is 44.6 Å². The van der Waals surface area contributed by atoms with Gasteiger partial charge in [-0.1, -0.05) is 6.07 Å². The van der Waals surface area contributed by atoms with Gasteiger partial charge in [-0.15, -0.1) is 0 Å². The van der Waals surface area contributed by atoms with Gasteiger partial charge < -0.3 is 14.7 Å². The molecule has 0 amide bonds. The van der Waals surface area contributed by atoms with Gasteiger partial charge in [0.05, 0.1) is 13.1 Å². The number of hydrogen-bond donors (Lipinski definition) is 2. The van der Waals surface area contributed by atoms with E-state index in [9.17, 15) is 5.11 Å². The minimum atomic E-state index is -0.351. The number of benzene rings is 1. The number of nitrogens with one attached hydrogen (secondary N) is 1. The third-order valence-electron chi connectivity index (χ3n) is 4.60. The standard InChI is InChI=1S/C17H25NO2/c19-16(12-18-9-2-1-3-10-18)13-20-17-8-7-14-5-4-6-15(14)11-17/h7-8,11,16,19H,1-6,9-10,12-13H2/p+1/t16-/m0/s1. The Morgan fingerprint density at radius 2 is 1.85 bits per heavy atom. The molecule has 20 heavy (non-hydrogen) atoms. The lowest BCUT2D eigenvalue weighted by Gasteiger charge is -2.25. The van der Waals surface area contributed by atoms with E-state index in [2.05, 4.69) is 12.1 Å². The number of aryl methyl sites for hydroxylation is 2. The third kappa shape index (κ3) is 3.53. The maximum Gasteiger partial charge on any atom is 0.137 e. The van der Waals surface area contributed by atoms with Crippen LogP contribution in [0.4, 0.5) is 0 Å². The summed E-state index contributed by atoms with van der Waals surface area (Å²) in [5, 5.41) is 10.1. The predicted molar refractivity (Wildman–Crippen MR) is 79.4 cm³/mol. The van der Waals surface area contributed by atoms with Crippen LogP contribution in [0.2, 0.25) is 0 Å². The van der Waals surface area contributed by atoms with Gasteiger partial charge in [-0.2, -0.15) is 0 Å². The fourth-order valence-corrected chi connectivity index (χ4v) is 3.48. The Kier molecular flexibility index (Phi) is 4.58. The van der Waals surface area contributed by atoms with Gasteiger partial charge in [0.15, 0.2) is 0 Å². The Bertz CT molecular complexity index is 441. The third-order valence-corrected chi connectivity index (χ3v) is 4.60. The molecule has 0 unspecified atom stereocenters. The Balaban J connectivity index is 1.46. The first kappa shape index (κ1) is 13.9. The summed E-state index contributed by atoms with van der Waals surface area (Å²) in [6.07, 6.45) is 7.24. The molecular weight excluding hydrogens is 250 g/mol. The molecule has 1 heterocycles. The van der Waals surface area contributed by atoms with Crippen LogP contribution in [0.3, 0.4) is 0 Å². The van der Waals surface area contributed by atoms with Crippen LogP contribution in [0.1, 0.15) is 36.8 Å². The van der Waals surface area contributed by atoms with Crippen molar-refractivity contribution in [3.05, 3.63) is 29.3 Å². The summed E-state index contributed by atoms with van der Waals surface area (Å²) >= 11 is 0. The van der Waals surface area contributed by atoms with Crippen LogP contribution in [-0.4, -0.2) is 37.5 Å². The van der Waals surface area contributed by atoms with E-state index in [1.165, 1.54) is 67.6 Å². The van der Waals surface area contributed by atoms with E-state index in [0.29, 0.717) is 6.61 Å². The molecule has 0 saturated carbocycles. The van der Waals surface area contributed by atoms with Crippen molar-refractivity contribution in [3.8, 4) is 5.75 Å². The van der Waals surface area contributed by atoms with Crippen LogP contribution in [0.25, 0.3) is 0 Å². The number of piperidine rings is 1. The zero-order valence-corrected chi connectivity index (χ0v) is 12.2. The van der Waals surface area contributed by atoms with Crippen molar-refractivity contribution >= 4 is 0 Å². The number of rotatable bonds is 5. The van der Waals surface area contributed by atoms with Crippen molar-refractivity contribution in [1.82, 2.24) is 0 Å². The molecule has 0 aromatic heterocycles. The quantitative estimate of drug-likeness (QED) is 0.841. The van der Waals surface area contributed by atoms with Gasteiger partial charge >= 0.3 is 0 Å². The molecule has 1 aliphatic carbocycles. The Morgan fingerprint density at radius 1 is 1.05 bits per heavy atom. The molecule has 1 fully saturated rings. The number of likely N-dealkylation sites (tertiary alicyclic amines) is 1. The lowest BCUT2D eigenvalue weighted by molar-refractivity contribution is -0.908. The van der Waals surface area contributed by atoms with Gasteiger partial charge in [0.25, 0.3) is 0 Å². The normalized spacial score (nSPS) is 20.6. The molecule has 1 aromatic carbocycles. The van der Waals surface area contributed by atoms with E-state index < -0.39 is 0 Å². The highest BCUT2D eigenvalue weighted by molar-refractivity contribution is 5.38. The van der Waals surface area contributed by atoms with Crippen LogP contribution in [0.15, 0.2) is 18.2 Å². The second kappa shape index (κ2) is 6.59. The second-order valence-corrected chi connectivity index (χ2v) is 6.26. The summed E-state index contributed by atoms with van der Waals surface area (Å²) in [5.74, 6) is 0.915. The van der Waals surface area contributed by atoms with E-state index in [1.807, 2.05) is 6.07 Å². The Labute approximate surface area is 121 Å². The van der Waals surface area contributed by atoms with E-state index in [4.69, 9.17) is 4.74 Å². The monoisotopic (exact) mass is 276 g/mol. The van der Waals surface area contributed by atoms with E-state index in [1.54, 1.807) is 0 Å². The van der Waals surface area contributed by atoms with Crippen molar-refractivity contribution in [2.24, 2.45) is 0 Å². The first-order valence-corrected chi connectivity index (χ1v) is 8.07. The average Bonchev–Trinajstić information content (AvgIpc) is 2.93. The second-order valence-electron chi connectivity index (χ2n) is 6.26. The minimum absolute atomic E-state index is 0.351. The summed E-state index contributed by atoms with van der Waals surface area (Å²) < 4.78 is 5.77. The highest BCUT2D eigenvalue weighted by Gasteiger charge is 2.18. The lowest BCUT2D eigenvalue weighted by Crippen LogP contribution is -3.14. The summed E-state index contributed by atoms with van der Waals surface area (Å²) in [6, 6.07) is 6.38. The molecule has 0 radical (unpaired) electrons. The number of hydrogen-bond acceptors (Lipinski definition) is 2. The van der Waals surface area contributed by atoms with Crippen molar-refractivity contribution < 1.29 is 14.7 Å². The average molecular weight is 276 g/mol. The largest absolute Gasteiger partial charge is 0.491 e. The summed E-state index contributed by atoms with van der Waals surface area (Å²) in [5.41, 5.74) is 2.90. The van der Waals surface area contributed by atoms with Crippen molar-refractivity contribution in [2.75, 3.05) is 26.2 Å². The van der Waals surface area contributed by atoms with Crippen molar-refractivity contribution in [1.29, 1.82) is 0 Å². The molecule has 0 spiro atoms. The van der Waals surface area contributed by atoms with E-state index in [0.717, 1.165) is 12.3 Å². The molecule has 2 aliphatic rings. The minimum Gasteiger partial charge on any atom is -0.491 e.